The van der Waals surface area contributed by atoms with Gasteiger partial charge in [0.05, 0.1) is 0 Å². The number of halogens is 1. The summed E-state index contributed by atoms with van der Waals surface area (Å²) in [5, 5.41) is 0.939. The molecule has 1 atom stereocenters. The van der Waals surface area contributed by atoms with E-state index in [0.717, 1.165) is 11.9 Å². The van der Waals surface area contributed by atoms with Crippen LogP contribution in [0, 0.1) is 0 Å². The van der Waals surface area contributed by atoms with Crippen LogP contribution in [-0.2, 0) is 5.33 Å². The lowest BCUT2D eigenvalue weighted by Gasteiger charge is -2.30. The van der Waals surface area contributed by atoms with Crippen LogP contribution in [0.4, 0.5) is 5.69 Å². The van der Waals surface area contributed by atoms with Crippen molar-refractivity contribution in [2.45, 2.75) is 24.2 Å². The Balaban J connectivity index is 2.19. The third-order valence-corrected chi connectivity index (χ3v) is 4.00. The highest BCUT2D eigenvalue weighted by Crippen LogP contribution is 2.30. The first-order valence-electron chi connectivity index (χ1n) is 6.27. The van der Waals surface area contributed by atoms with Crippen molar-refractivity contribution >= 4 is 21.6 Å². The van der Waals surface area contributed by atoms with Crippen LogP contribution in [0.25, 0.3) is 0 Å². The second-order valence-electron chi connectivity index (χ2n) is 5.01. The van der Waals surface area contributed by atoms with Gasteiger partial charge in [0.25, 0.3) is 0 Å². The van der Waals surface area contributed by atoms with E-state index in [1.54, 1.807) is 0 Å². The first kappa shape index (κ1) is 12.9. The second-order valence-corrected chi connectivity index (χ2v) is 5.57. The SMILES string of the molecule is CN(C)CC1CCCN1c1ccccc1CBr. The molecule has 17 heavy (non-hydrogen) atoms. The average Bonchev–Trinajstić information content (AvgIpc) is 2.76. The van der Waals surface area contributed by atoms with E-state index in [1.807, 2.05) is 0 Å². The van der Waals surface area contributed by atoms with Crippen LogP contribution in [0.15, 0.2) is 24.3 Å². The van der Waals surface area contributed by atoms with Crippen LogP contribution in [0.1, 0.15) is 18.4 Å². The van der Waals surface area contributed by atoms with Gasteiger partial charge in [-0.05, 0) is 38.6 Å². The van der Waals surface area contributed by atoms with Gasteiger partial charge >= 0.3 is 0 Å². The van der Waals surface area contributed by atoms with Crippen LogP contribution in [0.3, 0.4) is 0 Å². The minimum Gasteiger partial charge on any atom is -0.367 e. The largest absolute Gasteiger partial charge is 0.367 e. The van der Waals surface area contributed by atoms with Gasteiger partial charge < -0.3 is 9.80 Å². The molecule has 1 fully saturated rings. The molecule has 2 nitrogen and oxygen atoms in total. The Morgan fingerprint density at radius 2 is 2.12 bits per heavy atom. The Morgan fingerprint density at radius 3 is 2.82 bits per heavy atom. The number of nitrogens with zero attached hydrogens (tertiary/aromatic N) is 2. The van der Waals surface area contributed by atoms with Crippen molar-refractivity contribution in [3.8, 4) is 0 Å². The van der Waals surface area contributed by atoms with Crippen LogP contribution >= 0.6 is 15.9 Å². The molecule has 0 N–H and O–H groups in total. The zero-order valence-electron chi connectivity index (χ0n) is 10.7. The van der Waals surface area contributed by atoms with E-state index in [4.69, 9.17) is 0 Å². The predicted molar refractivity (Wildman–Crippen MR) is 78.0 cm³/mol. The van der Waals surface area contributed by atoms with E-state index < -0.39 is 0 Å². The summed E-state index contributed by atoms with van der Waals surface area (Å²) in [6.45, 7) is 2.35. The number of hydrogen-bond donors (Lipinski definition) is 0. The molecule has 0 aromatic heterocycles. The summed E-state index contributed by atoms with van der Waals surface area (Å²) in [6.07, 6.45) is 2.63. The molecule has 1 saturated heterocycles. The minimum absolute atomic E-state index is 0.671. The van der Waals surface area contributed by atoms with Crippen LogP contribution in [0.5, 0.6) is 0 Å². The fourth-order valence-corrected chi connectivity index (χ4v) is 3.14. The Kier molecular flexibility index (Phi) is 4.46. The van der Waals surface area contributed by atoms with Gasteiger partial charge in [0.2, 0.25) is 0 Å². The van der Waals surface area contributed by atoms with Crippen molar-refractivity contribution in [3.05, 3.63) is 29.8 Å². The molecular weight excluding hydrogens is 276 g/mol. The smallest absolute Gasteiger partial charge is 0.0417 e. The van der Waals surface area contributed by atoms with Crippen LogP contribution in [-0.4, -0.2) is 38.1 Å². The third kappa shape index (κ3) is 3.02. The maximum absolute atomic E-state index is 3.59. The number of para-hydroxylation sites is 1. The Hall–Kier alpha value is -0.540. The molecule has 1 aliphatic rings. The van der Waals surface area contributed by atoms with Gasteiger partial charge in [-0.2, -0.15) is 0 Å². The monoisotopic (exact) mass is 296 g/mol. The molecule has 0 saturated carbocycles. The topological polar surface area (TPSA) is 6.48 Å². The van der Waals surface area contributed by atoms with E-state index >= 15 is 0 Å². The number of alkyl halides is 1. The average molecular weight is 297 g/mol. The summed E-state index contributed by atoms with van der Waals surface area (Å²) < 4.78 is 0. The molecule has 1 heterocycles. The molecular formula is C14H21BrN2. The van der Waals surface area contributed by atoms with Gasteiger partial charge in [-0.1, -0.05) is 34.1 Å². The number of likely N-dealkylation sites (N-methyl/N-ethyl adjacent to an activating group) is 1. The molecule has 0 bridgehead atoms. The Labute approximate surface area is 113 Å². The minimum atomic E-state index is 0.671. The molecule has 1 aromatic carbocycles. The first-order valence-corrected chi connectivity index (χ1v) is 7.39. The van der Waals surface area contributed by atoms with E-state index in [2.05, 4.69) is 64.1 Å². The van der Waals surface area contributed by atoms with Gasteiger partial charge in [0, 0.05) is 30.1 Å². The van der Waals surface area contributed by atoms with Gasteiger partial charge in [0.1, 0.15) is 0 Å². The first-order chi connectivity index (χ1) is 8.22. The fraction of sp³-hybridized carbons (Fsp3) is 0.571. The van der Waals surface area contributed by atoms with Crippen molar-refractivity contribution < 1.29 is 0 Å². The quantitative estimate of drug-likeness (QED) is 0.788. The lowest BCUT2D eigenvalue weighted by molar-refractivity contribution is 0.372. The van der Waals surface area contributed by atoms with Crippen LogP contribution < -0.4 is 4.90 Å². The number of anilines is 1. The maximum Gasteiger partial charge on any atom is 0.0417 e. The normalized spacial score (nSPS) is 20.2. The van der Waals surface area contributed by atoms with Crippen molar-refractivity contribution in [3.63, 3.8) is 0 Å². The van der Waals surface area contributed by atoms with Gasteiger partial charge in [-0.25, -0.2) is 0 Å². The van der Waals surface area contributed by atoms with Crippen molar-refractivity contribution in [1.82, 2.24) is 4.90 Å². The molecule has 1 aromatic rings. The zero-order chi connectivity index (χ0) is 12.3. The standard InChI is InChI=1S/C14H21BrN2/c1-16(2)11-13-7-5-9-17(13)14-8-4-3-6-12(14)10-15/h3-4,6,8,13H,5,7,9-11H2,1-2H3. The van der Waals surface area contributed by atoms with Gasteiger partial charge in [-0.3, -0.25) is 0 Å². The van der Waals surface area contributed by atoms with Crippen molar-refractivity contribution in [2.75, 3.05) is 32.1 Å². The lowest BCUT2D eigenvalue weighted by atomic mass is 10.1. The van der Waals surface area contributed by atoms with E-state index in [9.17, 15) is 0 Å². The molecule has 3 heteroatoms. The molecule has 0 amide bonds. The summed E-state index contributed by atoms with van der Waals surface area (Å²) >= 11 is 3.59. The molecule has 1 aliphatic heterocycles. The summed E-state index contributed by atoms with van der Waals surface area (Å²) in [5.74, 6) is 0. The number of hydrogen-bond acceptors (Lipinski definition) is 2. The predicted octanol–water partition coefficient (Wildman–Crippen LogP) is 3.11. The van der Waals surface area contributed by atoms with Crippen LogP contribution in [0.2, 0.25) is 0 Å². The zero-order valence-corrected chi connectivity index (χ0v) is 12.3. The Bertz CT molecular complexity index is 365. The summed E-state index contributed by atoms with van der Waals surface area (Å²) in [7, 11) is 4.32. The lowest BCUT2D eigenvalue weighted by Crippen LogP contribution is -2.37. The second kappa shape index (κ2) is 5.87. The highest BCUT2D eigenvalue weighted by atomic mass is 79.9. The highest BCUT2D eigenvalue weighted by Gasteiger charge is 2.26. The van der Waals surface area contributed by atoms with E-state index in [0.29, 0.717) is 6.04 Å². The third-order valence-electron chi connectivity index (χ3n) is 3.40. The van der Waals surface area contributed by atoms with E-state index in [-0.39, 0.29) is 0 Å². The molecule has 1 unspecified atom stereocenters. The molecule has 2 rings (SSSR count). The molecule has 0 radical (unpaired) electrons. The summed E-state index contributed by atoms with van der Waals surface area (Å²) in [5.41, 5.74) is 2.81. The van der Waals surface area contributed by atoms with Crippen molar-refractivity contribution in [2.24, 2.45) is 0 Å². The highest BCUT2D eigenvalue weighted by molar-refractivity contribution is 9.08. The summed E-state index contributed by atoms with van der Waals surface area (Å²) in [6, 6.07) is 9.41. The number of benzene rings is 1. The van der Waals surface area contributed by atoms with Gasteiger partial charge in [-0.15, -0.1) is 0 Å². The Morgan fingerprint density at radius 1 is 1.35 bits per heavy atom. The van der Waals surface area contributed by atoms with Gasteiger partial charge in [0.15, 0.2) is 0 Å². The number of rotatable bonds is 4. The fourth-order valence-electron chi connectivity index (χ4n) is 2.67. The molecule has 94 valence electrons. The van der Waals surface area contributed by atoms with E-state index in [1.165, 1.54) is 30.6 Å². The summed E-state index contributed by atoms with van der Waals surface area (Å²) in [4.78, 5) is 4.87. The van der Waals surface area contributed by atoms with Crippen molar-refractivity contribution in [1.29, 1.82) is 0 Å². The maximum atomic E-state index is 3.59. The molecule has 0 aliphatic carbocycles. The molecule has 0 spiro atoms.